The van der Waals surface area contributed by atoms with Gasteiger partial charge in [0.25, 0.3) is 0 Å². The van der Waals surface area contributed by atoms with Gasteiger partial charge < -0.3 is 4.90 Å². The first-order valence-corrected chi connectivity index (χ1v) is 9.39. The lowest BCUT2D eigenvalue weighted by atomic mass is 9.63. The fourth-order valence-corrected chi connectivity index (χ4v) is 4.62. The highest BCUT2D eigenvalue weighted by Gasteiger charge is 2.56. The second kappa shape index (κ2) is 7.08. The normalized spacial score (nSPS) is 30.8. The highest BCUT2D eigenvalue weighted by molar-refractivity contribution is 6.06. The Bertz CT molecular complexity index is 519. The number of fused-ring (bicyclic) bond motifs is 1. The molecule has 0 aromatic carbocycles. The molecular weight excluding hydrogens is 304 g/mol. The van der Waals surface area contributed by atoms with E-state index in [0.717, 1.165) is 38.8 Å². The molecule has 5 nitrogen and oxygen atoms in total. The smallest absolute Gasteiger partial charge is 0.233 e. The molecular formula is C19H28N2O3. The van der Waals surface area contributed by atoms with E-state index in [4.69, 9.17) is 0 Å². The summed E-state index contributed by atoms with van der Waals surface area (Å²) in [6, 6.07) is 0. The van der Waals surface area contributed by atoms with Gasteiger partial charge in [0, 0.05) is 26.1 Å². The van der Waals surface area contributed by atoms with Gasteiger partial charge in [-0.15, -0.1) is 0 Å². The lowest BCUT2D eigenvalue weighted by Crippen LogP contribution is -2.38. The number of carbonyl (C=O) groups excluding carboxylic acids is 3. The summed E-state index contributed by atoms with van der Waals surface area (Å²) in [5.41, 5.74) is 0. The molecule has 0 N–H and O–H groups in total. The Morgan fingerprint density at radius 2 is 1.54 bits per heavy atom. The zero-order chi connectivity index (χ0) is 17.3. The Kier molecular flexibility index (Phi) is 5.07. The van der Waals surface area contributed by atoms with E-state index < -0.39 is 0 Å². The summed E-state index contributed by atoms with van der Waals surface area (Å²) in [4.78, 5) is 41.1. The minimum atomic E-state index is -0.168. The molecule has 2 fully saturated rings. The molecule has 3 amide bonds. The summed E-state index contributed by atoms with van der Waals surface area (Å²) in [5.74, 6) is 0.0548. The number of nitrogens with zero attached hydrogens (tertiary/aromatic N) is 2. The fourth-order valence-electron chi connectivity index (χ4n) is 4.62. The quantitative estimate of drug-likeness (QED) is 0.530. The van der Waals surface area contributed by atoms with Crippen molar-refractivity contribution < 1.29 is 14.4 Å². The molecule has 1 heterocycles. The van der Waals surface area contributed by atoms with E-state index in [-0.39, 0.29) is 54.4 Å². The first-order chi connectivity index (χ1) is 11.6. The lowest BCUT2D eigenvalue weighted by molar-refractivity contribution is -0.141. The van der Waals surface area contributed by atoms with E-state index in [9.17, 15) is 14.4 Å². The number of likely N-dealkylation sites (tertiary alicyclic amines) is 1. The number of allylic oxidation sites excluding steroid dienone is 2. The van der Waals surface area contributed by atoms with E-state index in [1.54, 1.807) is 0 Å². The van der Waals surface area contributed by atoms with Crippen LogP contribution in [0.5, 0.6) is 0 Å². The maximum Gasteiger partial charge on any atom is 0.233 e. The molecule has 0 spiro atoms. The SMILES string of the molecule is CCCN(CCC)C(=O)CCN1C(=O)[C@@H]2[C@@H](C1=O)[C@H]1C=C[C@H]2CC1. The minimum Gasteiger partial charge on any atom is -0.343 e. The Morgan fingerprint density at radius 1 is 1.04 bits per heavy atom. The van der Waals surface area contributed by atoms with Gasteiger partial charge in [-0.2, -0.15) is 0 Å². The summed E-state index contributed by atoms with van der Waals surface area (Å²) in [6.45, 7) is 5.84. The number of hydrogen-bond donors (Lipinski definition) is 0. The van der Waals surface area contributed by atoms with Gasteiger partial charge in [-0.3, -0.25) is 19.3 Å². The monoisotopic (exact) mass is 332 g/mol. The predicted octanol–water partition coefficient (Wildman–Crippen LogP) is 2.22. The third-order valence-corrected chi connectivity index (χ3v) is 5.74. The van der Waals surface area contributed by atoms with Gasteiger partial charge in [0.2, 0.25) is 17.7 Å². The maximum absolute atomic E-state index is 12.7. The standard InChI is InChI=1S/C19H28N2O3/c1-3-10-20(11-4-2)15(22)9-12-21-18(23)16-13-5-6-14(8-7-13)17(16)19(21)24/h5-6,13-14,16-17H,3-4,7-12H2,1-2H3/t13-,14-,16-,17-/m0/s1. The summed E-state index contributed by atoms with van der Waals surface area (Å²) in [5, 5.41) is 0. The molecule has 4 aliphatic rings. The van der Waals surface area contributed by atoms with Gasteiger partial charge in [0.1, 0.15) is 0 Å². The molecule has 0 aromatic heterocycles. The molecule has 4 rings (SSSR count). The Labute approximate surface area is 144 Å². The minimum absolute atomic E-state index is 0.0469. The fraction of sp³-hybridized carbons (Fsp3) is 0.737. The zero-order valence-electron chi connectivity index (χ0n) is 14.7. The molecule has 0 unspecified atom stereocenters. The van der Waals surface area contributed by atoms with Crippen LogP contribution in [0.4, 0.5) is 0 Å². The van der Waals surface area contributed by atoms with Gasteiger partial charge in [0.15, 0.2) is 0 Å². The Balaban J connectivity index is 1.63. The van der Waals surface area contributed by atoms with Gasteiger partial charge in [0.05, 0.1) is 11.8 Å². The molecule has 1 aliphatic heterocycles. The van der Waals surface area contributed by atoms with E-state index in [2.05, 4.69) is 26.0 Å². The van der Waals surface area contributed by atoms with E-state index in [0.29, 0.717) is 0 Å². The number of rotatable bonds is 7. The van der Waals surface area contributed by atoms with Crippen LogP contribution in [0, 0.1) is 23.7 Å². The van der Waals surface area contributed by atoms with Crippen LogP contribution in [-0.4, -0.2) is 47.2 Å². The van der Waals surface area contributed by atoms with E-state index in [1.807, 2.05) is 4.90 Å². The van der Waals surface area contributed by atoms with Crippen molar-refractivity contribution >= 4 is 17.7 Å². The molecule has 4 atom stereocenters. The second-order valence-electron chi connectivity index (χ2n) is 7.30. The van der Waals surface area contributed by atoms with Crippen LogP contribution >= 0.6 is 0 Å². The number of carbonyl (C=O) groups is 3. The topological polar surface area (TPSA) is 57.7 Å². The van der Waals surface area contributed by atoms with Crippen LogP contribution < -0.4 is 0 Å². The van der Waals surface area contributed by atoms with Crippen molar-refractivity contribution in [2.24, 2.45) is 23.7 Å². The van der Waals surface area contributed by atoms with Gasteiger partial charge in [-0.25, -0.2) is 0 Å². The molecule has 0 aromatic rings. The van der Waals surface area contributed by atoms with Gasteiger partial charge >= 0.3 is 0 Å². The molecule has 1 saturated heterocycles. The zero-order valence-corrected chi connectivity index (χ0v) is 14.7. The van der Waals surface area contributed by atoms with Crippen LogP contribution in [0.25, 0.3) is 0 Å². The van der Waals surface area contributed by atoms with Crippen molar-refractivity contribution in [2.45, 2.75) is 46.0 Å². The maximum atomic E-state index is 12.7. The van der Waals surface area contributed by atoms with Crippen LogP contribution in [0.1, 0.15) is 46.0 Å². The highest BCUT2D eigenvalue weighted by Crippen LogP contribution is 2.49. The van der Waals surface area contributed by atoms with E-state index >= 15 is 0 Å². The summed E-state index contributed by atoms with van der Waals surface area (Å²) in [6.07, 6.45) is 8.36. The number of amides is 3. The summed E-state index contributed by atoms with van der Waals surface area (Å²) < 4.78 is 0. The van der Waals surface area contributed by atoms with Gasteiger partial charge in [-0.1, -0.05) is 26.0 Å². The summed E-state index contributed by atoms with van der Waals surface area (Å²) >= 11 is 0. The second-order valence-corrected chi connectivity index (χ2v) is 7.30. The predicted molar refractivity (Wildman–Crippen MR) is 90.8 cm³/mol. The third-order valence-electron chi connectivity index (χ3n) is 5.74. The van der Waals surface area contributed by atoms with Crippen molar-refractivity contribution in [3.05, 3.63) is 12.2 Å². The third kappa shape index (κ3) is 2.89. The van der Waals surface area contributed by atoms with Crippen LogP contribution in [0.2, 0.25) is 0 Å². The van der Waals surface area contributed by atoms with Crippen molar-refractivity contribution in [2.75, 3.05) is 19.6 Å². The number of imide groups is 1. The molecule has 24 heavy (non-hydrogen) atoms. The molecule has 2 bridgehead atoms. The van der Waals surface area contributed by atoms with Crippen LogP contribution in [0.3, 0.4) is 0 Å². The van der Waals surface area contributed by atoms with Crippen LogP contribution in [-0.2, 0) is 14.4 Å². The van der Waals surface area contributed by atoms with Crippen molar-refractivity contribution in [3.63, 3.8) is 0 Å². The Hall–Kier alpha value is -1.65. The number of hydrogen-bond acceptors (Lipinski definition) is 3. The molecule has 3 aliphatic carbocycles. The van der Waals surface area contributed by atoms with Crippen molar-refractivity contribution in [3.8, 4) is 0 Å². The van der Waals surface area contributed by atoms with Crippen LogP contribution in [0.15, 0.2) is 12.2 Å². The average Bonchev–Trinajstić information content (AvgIpc) is 2.87. The first kappa shape index (κ1) is 17.2. The first-order valence-electron chi connectivity index (χ1n) is 9.39. The molecule has 1 saturated carbocycles. The average molecular weight is 332 g/mol. The van der Waals surface area contributed by atoms with Crippen molar-refractivity contribution in [1.29, 1.82) is 0 Å². The van der Waals surface area contributed by atoms with E-state index in [1.165, 1.54) is 4.90 Å². The molecule has 132 valence electrons. The summed E-state index contributed by atoms with van der Waals surface area (Å²) in [7, 11) is 0. The largest absolute Gasteiger partial charge is 0.343 e. The van der Waals surface area contributed by atoms with Gasteiger partial charge in [-0.05, 0) is 37.5 Å². The van der Waals surface area contributed by atoms with Crippen molar-refractivity contribution in [1.82, 2.24) is 9.80 Å². The lowest BCUT2D eigenvalue weighted by Gasteiger charge is -2.38. The Morgan fingerprint density at radius 3 is 1.96 bits per heavy atom. The molecule has 5 heteroatoms. The highest BCUT2D eigenvalue weighted by atomic mass is 16.2. The molecule has 0 radical (unpaired) electrons.